The first-order chi connectivity index (χ1) is 16.8. The highest BCUT2D eigenvalue weighted by Crippen LogP contribution is 2.19. The van der Waals surface area contributed by atoms with Crippen LogP contribution in [0.3, 0.4) is 0 Å². The molecular formula is C28H53NO6. The van der Waals surface area contributed by atoms with E-state index in [4.69, 9.17) is 10.2 Å². The Bertz CT molecular complexity index is 497. The molecule has 2 N–H and O–H groups in total. The lowest BCUT2D eigenvalue weighted by molar-refractivity contribution is -0.929. The second kappa shape index (κ2) is 22.8. The first-order valence-electron chi connectivity index (χ1n) is 14.3. The second-order valence-corrected chi connectivity index (χ2v) is 10.3. The fraction of sp³-hybridized carbons (Fsp3) is 0.893. The summed E-state index contributed by atoms with van der Waals surface area (Å²) >= 11 is 0. The van der Waals surface area contributed by atoms with Crippen molar-refractivity contribution in [3.63, 3.8) is 0 Å². The predicted molar refractivity (Wildman–Crippen MR) is 138 cm³/mol. The van der Waals surface area contributed by atoms with E-state index in [1.165, 1.54) is 64.2 Å². The molecule has 0 fully saturated rings. The van der Waals surface area contributed by atoms with Crippen LogP contribution >= 0.6 is 0 Å². The lowest BCUT2D eigenvalue weighted by Gasteiger charge is -2.39. The molecule has 7 nitrogen and oxygen atoms in total. The van der Waals surface area contributed by atoms with E-state index in [0.29, 0.717) is 19.3 Å². The van der Waals surface area contributed by atoms with Gasteiger partial charge in [0.15, 0.2) is 0 Å². The number of unbranched alkanes of at least 4 members (excludes halogenated alkanes) is 13. The molecular weight excluding hydrogens is 446 g/mol. The molecule has 0 atom stereocenters. The standard InChI is InChI=1S/C28H53NO6/c1-2-3-4-5-6-7-8-9-10-11-15-22-29(23-16-12-19-26(30)31,24-17-13-20-27(32)33)25-18-14-21-28(34)35/h2-25H2,1H3,(H2-,30,31,32,33,34,35). The van der Waals surface area contributed by atoms with Gasteiger partial charge < -0.3 is 24.6 Å². The first kappa shape index (κ1) is 33.4. The molecule has 0 spiro atoms. The smallest absolute Gasteiger partial charge is 0.303 e. The molecule has 0 aromatic rings. The van der Waals surface area contributed by atoms with E-state index in [1.807, 2.05) is 0 Å². The number of carbonyl (C=O) groups excluding carboxylic acids is 1. The molecule has 0 radical (unpaired) electrons. The van der Waals surface area contributed by atoms with Crippen molar-refractivity contribution in [2.24, 2.45) is 0 Å². The number of nitrogens with zero attached hydrogens (tertiary/aromatic N) is 1. The molecule has 0 aliphatic rings. The molecule has 35 heavy (non-hydrogen) atoms. The molecule has 0 amide bonds. The summed E-state index contributed by atoms with van der Waals surface area (Å²) in [6.45, 7) is 5.87. The Morgan fingerprint density at radius 2 is 0.829 bits per heavy atom. The van der Waals surface area contributed by atoms with E-state index < -0.39 is 17.9 Å². The van der Waals surface area contributed by atoms with Crippen LogP contribution in [0.2, 0.25) is 0 Å². The van der Waals surface area contributed by atoms with Crippen molar-refractivity contribution in [3.8, 4) is 0 Å². The van der Waals surface area contributed by atoms with Gasteiger partial charge in [0, 0.05) is 18.8 Å². The minimum absolute atomic E-state index is 0.0659. The summed E-state index contributed by atoms with van der Waals surface area (Å²) in [5, 5.41) is 28.8. The van der Waals surface area contributed by atoms with Gasteiger partial charge in [-0.15, -0.1) is 0 Å². The maximum Gasteiger partial charge on any atom is 0.303 e. The highest BCUT2D eigenvalue weighted by molar-refractivity contribution is 5.66. The number of hydrogen-bond donors (Lipinski definition) is 2. The minimum Gasteiger partial charge on any atom is -0.550 e. The van der Waals surface area contributed by atoms with E-state index >= 15 is 0 Å². The maximum absolute atomic E-state index is 10.9. The molecule has 0 heterocycles. The molecule has 206 valence electrons. The Labute approximate surface area is 213 Å². The number of carboxylic acid groups (broad SMARTS) is 3. The van der Waals surface area contributed by atoms with Gasteiger partial charge in [-0.05, 0) is 57.8 Å². The molecule has 0 saturated heterocycles. The van der Waals surface area contributed by atoms with Gasteiger partial charge in [-0.1, -0.05) is 64.7 Å². The van der Waals surface area contributed by atoms with Crippen LogP contribution in [0.1, 0.15) is 135 Å². The van der Waals surface area contributed by atoms with Gasteiger partial charge in [0.05, 0.1) is 26.2 Å². The van der Waals surface area contributed by atoms with Crippen LogP contribution in [-0.2, 0) is 14.4 Å². The third-order valence-electron chi connectivity index (χ3n) is 7.05. The topological polar surface area (TPSA) is 115 Å². The zero-order chi connectivity index (χ0) is 26.2. The van der Waals surface area contributed by atoms with Gasteiger partial charge in [0.2, 0.25) is 0 Å². The van der Waals surface area contributed by atoms with Gasteiger partial charge in [0.1, 0.15) is 0 Å². The summed E-state index contributed by atoms with van der Waals surface area (Å²) < 4.78 is 0.851. The normalized spacial score (nSPS) is 11.6. The Hall–Kier alpha value is -1.63. The van der Waals surface area contributed by atoms with Crippen molar-refractivity contribution in [3.05, 3.63) is 0 Å². The van der Waals surface area contributed by atoms with Crippen molar-refractivity contribution in [1.82, 2.24) is 0 Å². The van der Waals surface area contributed by atoms with E-state index in [2.05, 4.69) is 6.92 Å². The van der Waals surface area contributed by atoms with Gasteiger partial charge >= 0.3 is 11.9 Å². The third-order valence-corrected chi connectivity index (χ3v) is 7.05. The fourth-order valence-electron chi connectivity index (χ4n) is 4.95. The van der Waals surface area contributed by atoms with Crippen LogP contribution in [-0.4, -0.2) is 58.8 Å². The molecule has 0 rings (SSSR count). The van der Waals surface area contributed by atoms with Crippen molar-refractivity contribution in [1.29, 1.82) is 0 Å². The Morgan fingerprint density at radius 3 is 1.17 bits per heavy atom. The number of carboxylic acids is 3. The van der Waals surface area contributed by atoms with Gasteiger partial charge in [-0.3, -0.25) is 9.59 Å². The number of rotatable bonds is 27. The van der Waals surface area contributed by atoms with Gasteiger partial charge in [-0.2, -0.15) is 0 Å². The summed E-state index contributed by atoms with van der Waals surface area (Å²) in [5.74, 6) is -2.57. The van der Waals surface area contributed by atoms with Crippen molar-refractivity contribution < 1.29 is 34.2 Å². The molecule has 0 aromatic heterocycles. The zero-order valence-electron chi connectivity index (χ0n) is 22.4. The average Bonchev–Trinajstić information content (AvgIpc) is 2.80. The summed E-state index contributed by atoms with van der Waals surface area (Å²) in [4.78, 5) is 32.7. The van der Waals surface area contributed by atoms with Crippen LogP contribution < -0.4 is 5.11 Å². The summed E-state index contributed by atoms with van der Waals surface area (Å²) in [7, 11) is 0. The van der Waals surface area contributed by atoms with E-state index in [-0.39, 0.29) is 19.3 Å². The molecule has 0 aromatic carbocycles. The van der Waals surface area contributed by atoms with Crippen molar-refractivity contribution in [2.75, 3.05) is 26.2 Å². The third kappa shape index (κ3) is 22.6. The number of hydrogen-bond acceptors (Lipinski definition) is 4. The van der Waals surface area contributed by atoms with Crippen molar-refractivity contribution >= 4 is 17.9 Å². The molecule has 0 unspecified atom stereocenters. The van der Waals surface area contributed by atoms with Crippen LogP contribution in [0.4, 0.5) is 0 Å². The van der Waals surface area contributed by atoms with E-state index in [0.717, 1.165) is 56.3 Å². The Morgan fingerprint density at radius 1 is 0.514 bits per heavy atom. The molecule has 0 saturated carbocycles. The molecule has 0 bridgehead atoms. The Kier molecular flexibility index (Phi) is 21.7. The highest BCUT2D eigenvalue weighted by Gasteiger charge is 2.26. The van der Waals surface area contributed by atoms with Crippen LogP contribution in [0.25, 0.3) is 0 Å². The number of aliphatic carboxylic acids is 3. The molecule has 7 heteroatoms. The minimum atomic E-state index is -1.02. The summed E-state index contributed by atoms with van der Waals surface area (Å²) in [6, 6.07) is 0. The number of quaternary nitrogens is 1. The Balaban J connectivity index is 4.67. The zero-order valence-corrected chi connectivity index (χ0v) is 22.4. The average molecular weight is 500 g/mol. The summed E-state index contributed by atoms with van der Waals surface area (Å²) in [5.41, 5.74) is 0. The van der Waals surface area contributed by atoms with E-state index in [1.54, 1.807) is 0 Å². The fourth-order valence-corrected chi connectivity index (χ4v) is 4.95. The SMILES string of the molecule is CCCCCCCCCCCCC[N+](CCCCC(=O)[O-])(CCCCC(=O)O)CCCCC(=O)O. The first-order valence-corrected chi connectivity index (χ1v) is 14.3. The monoisotopic (exact) mass is 499 g/mol. The number of carbonyl (C=O) groups is 3. The largest absolute Gasteiger partial charge is 0.550 e. The van der Waals surface area contributed by atoms with Crippen LogP contribution in [0.5, 0.6) is 0 Å². The lowest BCUT2D eigenvalue weighted by atomic mass is 10.0. The molecule has 0 aliphatic carbocycles. The predicted octanol–water partition coefficient (Wildman–Crippen LogP) is 5.54. The van der Waals surface area contributed by atoms with Crippen molar-refractivity contribution in [2.45, 2.75) is 135 Å². The van der Waals surface area contributed by atoms with Gasteiger partial charge in [0.25, 0.3) is 0 Å². The van der Waals surface area contributed by atoms with Crippen LogP contribution in [0, 0.1) is 0 Å². The van der Waals surface area contributed by atoms with Crippen LogP contribution in [0.15, 0.2) is 0 Å². The molecule has 0 aliphatic heterocycles. The summed E-state index contributed by atoms with van der Waals surface area (Å²) in [6.07, 6.45) is 18.8. The maximum atomic E-state index is 10.9. The lowest BCUT2D eigenvalue weighted by Crippen LogP contribution is -2.51. The quantitative estimate of drug-likeness (QED) is 0.113. The highest BCUT2D eigenvalue weighted by atomic mass is 16.4. The van der Waals surface area contributed by atoms with Gasteiger partial charge in [-0.25, -0.2) is 0 Å². The second-order valence-electron chi connectivity index (χ2n) is 10.3. The van der Waals surface area contributed by atoms with E-state index in [9.17, 15) is 19.5 Å².